The predicted molar refractivity (Wildman–Crippen MR) is 55.6 cm³/mol. The van der Waals surface area contributed by atoms with Crippen LogP contribution in [0.5, 0.6) is 0 Å². The summed E-state index contributed by atoms with van der Waals surface area (Å²) in [5.74, 6) is 6.06. The quantitative estimate of drug-likeness (QED) is 0.721. The van der Waals surface area contributed by atoms with Crippen molar-refractivity contribution >= 4 is 11.8 Å². The van der Waals surface area contributed by atoms with E-state index in [0.29, 0.717) is 0 Å². The molecule has 2 atom stereocenters. The molecule has 70 valence electrons. The van der Waals surface area contributed by atoms with Crippen LogP contribution in [0.2, 0.25) is 0 Å². The molecule has 2 aliphatic rings. The van der Waals surface area contributed by atoms with Crippen LogP contribution in [0, 0.1) is 17.8 Å². The molecule has 0 aromatic rings. The molecule has 2 heteroatoms. The first-order chi connectivity index (χ1) is 5.92. The molecule has 1 aliphatic carbocycles. The number of hydrogen-bond acceptors (Lipinski definition) is 2. The smallest absolute Gasteiger partial charge is 0.00207 e. The monoisotopic (exact) mass is 185 g/mol. The van der Waals surface area contributed by atoms with Crippen LogP contribution in [0.3, 0.4) is 0 Å². The largest absolute Gasteiger partial charge is 0.319 e. The topological polar surface area (TPSA) is 12.0 Å². The SMILES string of the molecule is CNCC1CC1C1CCSCC1. The Hall–Kier alpha value is 0.310. The average Bonchev–Trinajstić information content (AvgIpc) is 2.87. The highest BCUT2D eigenvalue weighted by molar-refractivity contribution is 7.99. The Labute approximate surface area is 79.7 Å². The summed E-state index contributed by atoms with van der Waals surface area (Å²) in [6.45, 7) is 1.26. The summed E-state index contributed by atoms with van der Waals surface area (Å²) < 4.78 is 0. The third-order valence-electron chi connectivity index (χ3n) is 3.32. The van der Waals surface area contributed by atoms with Crippen molar-refractivity contribution < 1.29 is 0 Å². The summed E-state index contributed by atoms with van der Waals surface area (Å²) >= 11 is 2.14. The van der Waals surface area contributed by atoms with Gasteiger partial charge in [0, 0.05) is 0 Å². The maximum Gasteiger partial charge on any atom is -0.00207 e. The van der Waals surface area contributed by atoms with Crippen LogP contribution in [-0.4, -0.2) is 25.1 Å². The molecule has 1 nitrogen and oxygen atoms in total. The maximum absolute atomic E-state index is 3.29. The molecule has 1 aliphatic heterocycles. The molecular weight excluding hydrogens is 166 g/mol. The van der Waals surface area contributed by atoms with E-state index in [-0.39, 0.29) is 0 Å². The standard InChI is InChI=1S/C10H19NS/c1-11-7-9-6-10(9)8-2-4-12-5-3-8/h8-11H,2-7H2,1H3. The molecular formula is C10H19NS. The van der Waals surface area contributed by atoms with Crippen LogP contribution in [-0.2, 0) is 0 Å². The molecule has 1 saturated heterocycles. The number of hydrogen-bond donors (Lipinski definition) is 1. The first-order valence-corrected chi connectivity index (χ1v) is 6.29. The third-order valence-corrected chi connectivity index (χ3v) is 4.36. The van der Waals surface area contributed by atoms with Gasteiger partial charge in [-0.05, 0) is 62.1 Å². The van der Waals surface area contributed by atoms with Gasteiger partial charge < -0.3 is 5.32 Å². The highest BCUT2D eigenvalue weighted by atomic mass is 32.2. The van der Waals surface area contributed by atoms with Gasteiger partial charge in [-0.1, -0.05) is 0 Å². The summed E-state index contributed by atoms with van der Waals surface area (Å²) in [5, 5.41) is 3.29. The lowest BCUT2D eigenvalue weighted by molar-refractivity contribution is 0.404. The van der Waals surface area contributed by atoms with E-state index in [1.54, 1.807) is 0 Å². The Morgan fingerprint density at radius 2 is 2.08 bits per heavy atom. The minimum absolute atomic E-state index is 1.03. The predicted octanol–water partition coefficient (Wildman–Crippen LogP) is 1.99. The molecule has 0 aromatic heterocycles. The highest BCUT2D eigenvalue weighted by Crippen LogP contribution is 2.48. The van der Waals surface area contributed by atoms with E-state index in [1.165, 1.54) is 37.3 Å². The zero-order chi connectivity index (χ0) is 8.39. The normalized spacial score (nSPS) is 36.8. The Morgan fingerprint density at radius 3 is 2.75 bits per heavy atom. The van der Waals surface area contributed by atoms with Crippen LogP contribution >= 0.6 is 11.8 Å². The summed E-state index contributed by atoms with van der Waals surface area (Å²) in [7, 11) is 2.08. The van der Waals surface area contributed by atoms with Crippen molar-refractivity contribution in [2.24, 2.45) is 17.8 Å². The van der Waals surface area contributed by atoms with Gasteiger partial charge >= 0.3 is 0 Å². The Bertz CT molecular complexity index is 143. The zero-order valence-corrected chi connectivity index (χ0v) is 8.70. The average molecular weight is 185 g/mol. The Balaban J connectivity index is 1.72. The molecule has 1 heterocycles. The summed E-state index contributed by atoms with van der Waals surface area (Å²) in [6.07, 6.45) is 4.50. The summed E-state index contributed by atoms with van der Waals surface area (Å²) in [4.78, 5) is 0. The van der Waals surface area contributed by atoms with Crippen LogP contribution in [0.25, 0.3) is 0 Å². The van der Waals surface area contributed by atoms with Crippen molar-refractivity contribution in [3.8, 4) is 0 Å². The summed E-state index contributed by atoms with van der Waals surface area (Å²) in [6, 6.07) is 0. The molecule has 0 amide bonds. The number of rotatable bonds is 3. The number of thioether (sulfide) groups is 1. The molecule has 2 rings (SSSR count). The minimum atomic E-state index is 1.03. The van der Waals surface area contributed by atoms with Crippen LogP contribution in [0.15, 0.2) is 0 Å². The fourth-order valence-electron chi connectivity index (χ4n) is 2.49. The van der Waals surface area contributed by atoms with Gasteiger partial charge in [-0.15, -0.1) is 0 Å². The van der Waals surface area contributed by atoms with Crippen molar-refractivity contribution in [2.75, 3.05) is 25.1 Å². The highest BCUT2D eigenvalue weighted by Gasteiger charge is 2.41. The Morgan fingerprint density at radius 1 is 1.33 bits per heavy atom. The molecule has 0 radical (unpaired) electrons. The first kappa shape index (κ1) is 8.89. The summed E-state index contributed by atoms with van der Waals surface area (Å²) in [5.41, 5.74) is 0. The molecule has 2 unspecified atom stereocenters. The molecule has 1 N–H and O–H groups in total. The van der Waals surface area contributed by atoms with Crippen molar-refractivity contribution in [1.82, 2.24) is 5.32 Å². The molecule has 12 heavy (non-hydrogen) atoms. The van der Waals surface area contributed by atoms with E-state index >= 15 is 0 Å². The van der Waals surface area contributed by atoms with Gasteiger partial charge in [-0.3, -0.25) is 0 Å². The van der Waals surface area contributed by atoms with Crippen LogP contribution in [0.1, 0.15) is 19.3 Å². The van der Waals surface area contributed by atoms with E-state index in [4.69, 9.17) is 0 Å². The van der Waals surface area contributed by atoms with Gasteiger partial charge in [0.05, 0.1) is 0 Å². The lowest BCUT2D eigenvalue weighted by Gasteiger charge is -2.21. The van der Waals surface area contributed by atoms with Gasteiger partial charge in [0.2, 0.25) is 0 Å². The molecule has 0 spiro atoms. The second kappa shape index (κ2) is 4.01. The Kier molecular flexibility index (Phi) is 2.97. The van der Waals surface area contributed by atoms with Crippen molar-refractivity contribution in [1.29, 1.82) is 0 Å². The molecule has 1 saturated carbocycles. The zero-order valence-electron chi connectivity index (χ0n) is 7.88. The van der Waals surface area contributed by atoms with Crippen LogP contribution in [0.4, 0.5) is 0 Å². The lowest BCUT2D eigenvalue weighted by Crippen LogP contribution is -2.16. The van der Waals surface area contributed by atoms with Gasteiger partial charge in [0.1, 0.15) is 0 Å². The van der Waals surface area contributed by atoms with Crippen LogP contribution < -0.4 is 5.32 Å². The fraction of sp³-hybridized carbons (Fsp3) is 1.00. The van der Waals surface area contributed by atoms with Gasteiger partial charge in [0.25, 0.3) is 0 Å². The second-order valence-electron chi connectivity index (χ2n) is 4.17. The van der Waals surface area contributed by atoms with Gasteiger partial charge in [0.15, 0.2) is 0 Å². The van der Waals surface area contributed by atoms with E-state index < -0.39 is 0 Å². The number of nitrogens with one attached hydrogen (secondary N) is 1. The van der Waals surface area contributed by atoms with Crippen molar-refractivity contribution in [3.63, 3.8) is 0 Å². The second-order valence-corrected chi connectivity index (χ2v) is 5.39. The first-order valence-electron chi connectivity index (χ1n) is 5.14. The van der Waals surface area contributed by atoms with E-state index in [1.807, 2.05) is 0 Å². The maximum atomic E-state index is 3.29. The third kappa shape index (κ3) is 1.97. The van der Waals surface area contributed by atoms with Crippen molar-refractivity contribution in [2.45, 2.75) is 19.3 Å². The van der Waals surface area contributed by atoms with Gasteiger partial charge in [-0.2, -0.15) is 11.8 Å². The van der Waals surface area contributed by atoms with E-state index in [2.05, 4.69) is 24.1 Å². The van der Waals surface area contributed by atoms with E-state index in [0.717, 1.165) is 17.8 Å². The van der Waals surface area contributed by atoms with Crippen molar-refractivity contribution in [3.05, 3.63) is 0 Å². The van der Waals surface area contributed by atoms with Gasteiger partial charge in [-0.25, -0.2) is 0 Å². The molecule has 0 bridgehead atoms. The van der Waals surface area contributed by atoms with E-state index in [9.17, 15) is 0 Å². The molecule has 2 fully saturated rings. The minimum Gasteiger partial charge on any atom is -0.319 e. The fourth-order valence-corrected chi connectivity index (χ4v) is 3.63. The lowest BCUT2D eigenvalue weighted by atomic mass is 9.96. The molecule has 0 aromatic carbocycles.